The lowest BCUT2D eigenvalue weighted by molar-refractivity contribution is -0.135. The fraction of sp³-hybridized carbons (Fsp3) is 0.517. The predicted octanol–water partition coefficient (Wildman–Crippen LogP) is 6.71. The summed E-state index contributed by atoms with van der Waals surface area (Å²) >= 11 is 0. The average molecular weight is 515 g/mol. The van der Waals surface area contributed by atoms with E-state index in [2.05, 4.69) is 12.1 Å². The van der Waals surface area contributed by atoms with Gasteiger partial charge in [-0.2, -0.15) is 0 Å². The third-order valence-corrected chi connectivity index (χ3v) is 9.26. The largest absolute Gasteiger partial charge is 0.351 e. The zero-order chi connectivity index (χ0) is 27.1. The Labute approximate surface area is 217 Å². The zero-order valence-electron chi connectivity index (χ0n) is 22.9. The molecule has 0 heterocycles. The maximum Gasteiger partial charge on any atom is 0.321 e. The molecule has 2 aromatic rings. The molecule has 7 heteroatoms. The molecule has 2 aromatic carbocycles. The van der Waals surface area contributed by atoms with Crippen molar-refractivity contribution in [1.82, 2.24) is 4.90 Å². The number of carbonyl (C=O) groups is 2. The van der Waals surface area contributed by atoms with Crippen molar-refractivity contribution >= 4 is 19.3 Å². The Bertz CT molecular complexity index is 1050. The van der Waals surface area contributed by atoms with Gasteiger partial charge in [-0.05, 0) is 47.8 Å². The summed E-state index contributed by atoms with van der Waals surface area (Å²) in [5.74, 6) is -0.847. The summed E-state index contributed by atoms with van der Waals surface area (Å²) in [4.78, 5) is 27.1. The molecule has 0 saturated heterocycles. The fourth-order valence-electron chi connectivity index (χ4n) is 4.31. The van der Waals surface area contributed by atoms with E-state index in [0.717, 1.165) is 16.9 Å². The van der Waals surface area contributed by atoms with Crippen LogP contribution in [0.3, 0.4) is 0 Å². The van der Waals surface area contributed by atoms with Crippen LogP contribution in [-0.2, 0) is 26.5 Å². The summed E-state index contributed by atoms with van der Waals surface area (Å²) in [6, 6.07) is 17.1. The van der Waals surface area contributed by atoms with Crippen molar-refractivity contribution in [3.05, 3.63) is 71.3 Å². The van der Waals surface area contributed by atoms with E-state index >= 15 is 0 Å². The smallest absolute Gasteiger partial charge is 0.321 e. The van der Waals surface area contributed by atoms with E-state index in [1.807, 2.05) is 84.0 Å². The number of primary amides is 1. The molecular weight excluding hydrogens is 471 g/mol. The Kier molecular flexibility index (Phi) is 10.5. The van der Waals surface area contributed by atoms with E-state index in [9.17, 15) is 14.2 Å². The van der Waals surface area contributed by atoms with Gasteiger partial charge in [-0.25, -0.2) is 4.79 Å². The summed E-state index contributed by atoms with van der Waals surface area (Å²) in [6.07, 6.45) is 1.60. The van der Waals surface area contributed by atoms with Gasteiger partial charge in [0, 0.05) is 31.4 Å². The minimum Gasteiger partial charge on any atom is -0.351 e. The Morgan fingerprint density at radius 1 is 0.944 bits per heavy atom. The molecule has 0 aromatic heterocycles. The normalized spacial score (nSPS) is 15.2. The Morgan fingerprint density at radius 3 is 1.94 bits per heavy atom. The van der Waals surface area contributed by atoms with E-state index in [-0.39, 0.29) is 29.6 Å². The third-order valence-electron chi connectivity index (χ3n) is 6.75. The fourth-order valence-corrected chi connectivity index (χ4v) is 6.46. The Hall–Kier alpha value is -2.43. The first-order valence-corrected chi connectivity index (χ1v) is 14.6. The Balaban J connectivity index is 2.23. The molecule has 0 fully saturated rings. The highest BCUT2D eigenvalue weighted by molar-refractivity contribution is 7.58. The molecule has 2 N–H and O–H groups in total. The first kappa shape index (κ1) is 29.8. The van der Waals surface area contributed by atoms with Gasteiger partial charge in [0.1, 0.15) is 0 Å². The van der Waals surface area contributed by atoms with Gasteiger partial charge in [0.25, 0.3) is 0 Å². The van der Waals surface area contributed by atoms with Crippen LogP contribution in [0.15, 0.2) is 54.6 Å². The van der Waals surface area contributed by atoms with Crippen LogP contribution in [0.1, 0.15) is 64.7 Å². The molecule has 0 aliphatic rings. The second-order valence-corrected chi connectivity index (χ2v) is 13.9. The van der Waals surface area contributed by atoms with Crippen LogP contribution in [0, 0.1) is 17.3 Å². The number of amides is 3. The van der Waals surface area contributed by atoms with Crippen LogP contribution in [0.25, 0.3) is 0 Å². The van der Waals surface area contributed by atoms with Crippen molar-refractivity contribution in [2.75, 3.05) is 13.3 Å². The molecule has 6 nitrogen and oxygen atoms in total. The van der Waals surface area contributed by atoms with Crippen molar-refractivity contribution in [3.63, 3.8) is 0 Å². The molecule has 0 aliphatic heterocycles. The first-order valence-electron chi connectivity index (χ1n) is 12.6. The monoisotopic (exact) mass is 514 g/mol. The van der Waals surface area contributed by atoms with Crippen molar-refractivity contribution < 1.29 is 18.7 Å². The van der Waals surface area contributed by atoms with Gasteiger partial charge in [0.15, 0.2) is 0 Å². The summed E-state index contributed by atoms with van der Waals surface area (Å²) in [5.41, 5.74) is 8.60. The number of urea groups is 1. The number of nitrogens with two attached hydrogens (primary N) is 1. The van der Waals surface area contributed by atoms with E-state index in [1.54, 1.807) is 0 Å². The van der Waals surface area contributed by atoms with Crippen LogP contribution in [0.5, 0.6) is 0 Å². The highest BCUT2D eigenvalue weighted by Crippen LogP contribution is 2.52. The lowest BCUT2D eigenvalue weighted by Crippen LogP contribution is -2.53. The number of carbonyl (C=O) groups excluding carboxylic acids is 2. The van der Waals surface area contributed by atoms with E-state index in [1.165, 1.54) is 18.2 Å². The highest BCUT2D eigenvalue weighted by atomic mass is 31.2. The van der Waals surface area contributed by atoms with Gasteiger partial charge in [-0.3, -0.25) is 14.3 Å². The summed E-state index contributed by atoms with van der Waals surface area (Å²) in [7, 11) is -1.77. The number of imide groups is 1. The van der Waals surface area contributed by atoms with Gasteiger partial charge in [0.2, 0.25) is 13.3 Å². The average Bonchev–Trinajstić information content (AvgIpc) is 2.79. The SMILES string of the molecule is COP(=O)(Cc1ccc(Cc2ccccc2)cc1)CC(CC(C)C)C(=O)N(C(N)=O)C(C)C(C)(C)C. The molecule has 0 bridgehead atoms. The van der Waals surface area contributed by atoms with Crippen molar-refractivity contribution in [2.24, 2.45) is 23.0 Å². The minimum absolute atomic E-state index is 0.0624. The predicted molar refractivity (Wildman–Crippen MR) is 147 cm³/mol. The van der Waals surface area contributed by atoms with Gasteiger partial charge >= 0.3 is 6.03 Å². The lowest BCUT2D eigenvalue weighted by atomic mass is 9.86. The second kappa shape index (κ2) is 12.7. The van der Waals surface area contributed by atoms with Gasteiger partial charge in [0.05, 0.1) is 0 Å². The van der Waals surface area contributed by atoms with Gasteiger partial charge in [-0.1, -0.05) is 89.2 Å². The number of nitrogens with zero attached hydrogens (tertiary/aromatic N) is 1. The van der Waals surface area contributed by atoms with Crippen LogP contribution < -0.4 is 5.73 Å². The quantitative estimate of drug-likeness (QED) is 0.338. The van der Waals surface area contributed by atoms with Crippen molar-refractivity contribution in [3.8, 4) is 0 Å². The molecule has 198 valence electrons. The summed E-state index contributed by atoms with van der Waals surface area (Å²) in [5, 5.41) is 0. The van der Waals surface area contributed by atoms with Crippen molar-refractivity contribution in [1.29, 1.82) is 0 Å². The van der Waals surface area contributed by atoms with E-state index in [4.69, 9.17) is 10.3 Å². The first-order chi connectivity index (χ1) is 16.8. The van der Waals surface area contributed by atoms with Gasteiger partial charge in [-0.15, -0.1) is 0 Å². The molecule has 3 amide bonds. The maximum atomic E-state index is 13.9. The molecule has 0 spiro atoms. The summed E-state index contributed by atoms with van der Waals surface area (Å²) in [6.45, 7) is 11.7. The number of hydrogen-bond donors (Lipinski definition) is 1. The van der Waals surface area contributed by atoms with Crippen LogP contribution in [0.4, 0.5) is 4.79 Å². The number of rotatable bonds is 11. The van der Waals surface area contributed by atoms with Crippen LogP contribution >= 0.6 is 7.37 Å². The highest BCUT2D eigenvalue weighted by Gasteiger charge is 2.39. The molecule has 0 radical (unpaired) electrons. The molecule has 3 atom stereocenters. The molecule has 2 rings (SSSR count). The summed E-state index contributed by atoms with van der Waals surface area (Å²) < 4.78 is 19.4. The van der Waals surface area contributed by atoms with Crippen molar-refractivity contribution in [2.45, 2.75) is 66.6 Å². The minimum atomic E-state index is -3.21. The molecule has 3 unspecified atom stereocenters. The number of hydrogen-bond acceptors (Lipinski definition) is 4. The molecular formula is C29H43N2O4P. The standard InChI is InChI=1S/C29H43N2O4P/c1-21(2)17-26(27(32)31(28(30)33)22(3)29(4,5)6)20-36(34,35-7)19-25-15-13-24(14-16-25)18-23-11-9-8-10-12-23/h8-16,21-22,26H,17-20H2,1-7H3,(H2,30,33). The maximum absolute atomic E-state index is 13.9. The van der Waals surface area contributed by atoms with Gasteiger partial charge < -0.3 is 10.3 Å². The van der Waals surface area contributed by atoms with E-state index < -0.39 is 25.4 Å². The zero-order valence-corrected chi connectivity index (χ0v) is 23.8. The second-order valence-electron chi connectivity index (χ2n) is 11.2. The molecule has 36 heavy (non-hydrogen) atoms. The Morgan fingerprint density at radius 2 is 1.47 bits per heavy atom. The topological polar surface area (TPSA) is 89.7 Å². The third kappa shape index (κ3) is 8.60. The molecule has 0 saturated carbocycles. The molecule has 0 aliphatic carbocycles. The lowest BCUT2D eigenvalue weighted by Gasteiger charge is -2.37. The van der Waals surface area contributed by atoms with Crippen LogP contribution in [0.2, 0.25) is 0 Å². The van der Waals surface area contributed by atoms with Crippen LogP contribution in [-0.4, -0.2) is 36.2 Å². The van der Waals surface area contributed by atoms with E-state index in [0.29, 0.717) is 6.42 Å². The number of benzene rings is 2.